The molecular weight excluding hydrogens is 260 g/mol. The van der Waals surface area contributed by atoms with Crippen LogP contribution in [-0.4, -0.2) is 37.6 Å². The third kappa shape index (κ3) is 3.92. The van der Waals surface area contributed by atoms with Crippen LogP contribution >= 0.6 is 0 Å². The molecule has 0 aromatic heterocycles. The number of hydrogen-bond donors (Lipinski definition) is 1. The van der Waals surface area contributed by atoms with Crippen LogP contribution in [0.2, 0.25) is 0 Å². The smallest absolute Gasteiger partial charge is 0.214 e. The largest absolute Gasteiger partial charge is 0.329 e. The molecule has 1 saturated heterocycles. The summed E-state index contributed by atoms with van der Waals surface area (Å²) in [6, 6.07) is 0.0253. The number of rotatable bonds is 4. The Morgan fingerprint density at radius 1 is 1.16 bits per heavy atom. The minimum Gasteiger partial charge on any atom is -0.329 e. The highest BCUT2D eigenvalue weighted by Crippen LogP contribution is 2.29. The Labute approximate surface area is 117 Å². The monoisotopic (exact) mass is 288 g/mol. The van der Waals surface area contributed by atoms with E-state index in [4.69, 9.17) is 5.73 Å². The predicted octanol–water partition coefficient (Wildman–Crippen LogP) is 1.96. The van der Waals surface area contributed by atoms with Crippen molar-refractivity contribution in [1.29, 1.82) is 0 Å². The van der Waals surface area contributed by atoms with Gasteiger partial charge in [-0.15, -0.1) is 0 Å². The maximum atomic E-state index is 12.6. The minimum atomic E-state index is -3.11. The fourth-order valence-corrected chi connectivity index (χ4v) is 5.69. The Morgan fingerprint density at radius 2 is 1.84 bits per heavy atom. The quantitative estimate of drug-likeness (QED) is 0.860. The van der Waals surface area contributed by atoms with Gasteiger partial charge in [-0.1, -0.05) is 26.2 Å². The summed E-state index contributed by atoms with van der Waals surface area (Å²) in [4.78, 5) is 0. The molecule has 0 aromatic rings. The van der Waals surface area contributed by atoms with Crippen molar-refractivity contribution in [1.82, 2.24) is 4.31 Å². The summed E-state index contributed by atoms with van der Waals surface area (Å²) >= 11 is 0. The van der Waals surface area contributed by atoms with Gasteiger partial charge in [-0.2, -0.15) is 4.31 Å². The van der Waals surface area contributed by atoms with Crippen molar-refractivity contribution in [2.75, 3.05) is 18.8 Å². The van der Waals surface area contributed by atoms with E-state index in [1.165, 1.54) is 19.3 Å². The summed E-state index contributed by atoms with van der Waals surface area (Å²) in [5, 5.41) is 0. The summed E-state index contributed by atoms with van der Waals surface area (Å²) in [7, 11) is -3.11. The van der Waals surface area contributed by atoms with Crippen LogP contribution in [0.25, 0.3) is 0 Å². The highest BCUT2D eigenvalue weighted by atomic mass is 32.2. The summed E-state index contributed by atoms with van der Waals surface area (Å²) in [5.74, 6) is 1.31. The van der Waals surface area contributed by atoms with E-state index in [0.717, 1.165) is 25.7 Å². The van der Waals surface area contributed by atoms with E-state index in [-0.39, 0.29) is 6.04 Å². The lowest BCUT2D eigenvalue weighted by molar-refractivity contribution is 0.209. The van der Waals surface area contributed by atoms with Crippen molar-refractivity contribution in [3.63, 3.8) is 0 Å². The van der Waals surface area contributed by atoms with E-state index in [9.17, 15) is 8.42 Å². The van der Waals surface area contributed by atoms with Crippen molar-refractivity contribution in [2.24, 2.45) is 17.6 Å². The van der Waals surface area contributed by atoms with Crippen LogP contribution in [0.4, 0.5) is 0 Å². The number of sulfonamides is 1. The van der Waals surface area contributed by atoms with Crippen molar-refractivity contribution < 1.29 is 8.42 Å². The standard InChI is InChI=1S/C14H28N2O2S/c1-12-7-8-16(14(9-12)10-15)19(17,18)11-13-5-3-2-4-6-13/h12-14H,2-11,15H2,1H3. The van der Waals surface area contributed by atoms with Crippen LogP contribution in [0.3, 0.4) is 0 Å². The molecule has 1 heterocycles. The molecule has 1 saturated carbocycles. The molecule has 4 nitrogen and oxygen atoms in total. The van der Waals surface area contributed by atoms with Crippen LogP contribution in [0.1, 0.15) is 51.9 Å². The van der Waals surface area contributed by atoms with Gasteiger partial charge in [0.2, 0.25) is 10.0 Å². The van der Waals surface area contributed by atoms with Gasteiger partial charge in [-0.05, 0) is 37.5 Å². The fraction of sp³-hybridized carbons (Fsp3) is 1.00. The number of piperidine rings is 1. The van der Waals surface area contributed by atoms with Crippen LogP contribution in [0.5, 0.6) is 0 Å². The molecule has 2 atom stereocenters. The predicted molar refractivity (Wildman–Crippen MR) is 78.3 cm³/mol. The molecule has 112 valence electrons. The molecule has 0 bridgehead atoms. The molecule has 2 aliphatic rings. The Morgan fingerprint density at radius 3 is 2.47 bits per heavy atom. The summed E-state index contributed by atoms with van der Waals surface area (Å²) in [6.45, 7) is 3.31. The SMILES string of the molecule is CC1CCN(S(=O)(=O)CC2CCCCC2)C(CN)C1. The van der Waals surface area contributed by atoms with Gasteiger partial charge in [-0.25, -0.2) is 8.42 Å². The average Bonchev–Trinajstić information content (AvgIpc) is 2.38. The first-order valence-electron chi connectivity index (χ1n) is 7.72. The molecule has 0 amide bonds. The van der Waals surface area contributed by atoms with Crippen LogP contribution in [0.15, 0.2) is 0 Å². The minimum absolute atomic E-state index is 0.0253. The van der Waals surface area contributed by atoms with Crippen LogP contribution < -0.4 is 5.73 Å². The lowest BCUT2D eigenvalue weighted by Gasteiger charge is -2.38. The van der Waals surface area contributed by atoms with Gasteiger partial charge >= 0.3 is 0 Å². The third-order valence-electron chi connectivity index (χ3n) is 4.72. The van der Waals surface area contributed by atoms with Gasteiger partial charge in [0, 0.05) is 19.1 Å². The van der Waals surface area contributed by atoms with Gasteiger partial charge in [0.25, 0.3) is 0 Å². The van der Waals surface area contributed by atoms with Crippen molar-refractivity contribution in [3.05, 3.63) is 0 Å². The normalized spacial score (nSPS) is 31.5. The topological polar surface area (TPSA) is 63.4 Å². The second-order valence-electron chi connectivity index (χ2n) is 6.41. The zero-order chi connectivity index (χ0) is 13.9. The van der Waals surface area contributed by atoms with Crippen molar-refractivity contribution in [2.45, 2.75) is 57.9 Å². The molecule has 0 aromatic carbocycles. The lowest BCUT2D eigenvalue weighted by atomic mass is 9.91. The van der Waals surface area contributed by atoms with E-state index < -0.39 is 10.0 Å². The molecule has 5 heteroatoms. The third-order valence-corrected chi connectivity index (χ3v) is 6.81. The van der Waals surface area contributed by atoms with Gasteiger partial charge in [0.15, 0.2) is 0 Å². The molecule has 2 unspecified atom stereocenters. The molecule has 2 N–H and O–H groups in total. The summed E-state index contributed by atoms with van der Waals surface area (Å²) < 4.78 is 26.9. The molecule has 2 fully saturated rings. The molecule has 0 spiro atoms. The number of nitrogens with two attached hydrogens (primary N) is 1. The summed E-state index contributed by atoms with van der Waals surface area (Å²) in [5.41, 5.74) is 5.78. The van der Waals surface area contributed by atoms with E-state index in [1.807, 2.05) is 0 Å². The van der Waals surface area contributed by atoms with Crippen LogP contribution in [0, 0.1) is 11.8 Å². The van der Waals surface area contributed by atoms with E-state index in [1.54, 1.807) is 4.31 Å². The van der Waals surface area contributed by atoms with E-state index >= 15 is 0 Å². The Hall–Kier alpha value is -0.130. The average molecular weight is 288 g/mol. The zero-order valence-electron chi connectivity index (χ0n) is 12.1. The Bertz CT molecular complexity index is 377. The highest BCUT2D eigenvalue weighted by molar-refractivity contribution is 7.89. The highest BCUT2D eigenvalue weighted by Gasteiger charge is 2.35. The summed E-state index contributed by atoms with van der Waals surface area (Å²) in [6.07, 6.45) is 7.70. The number of hydrogen-bond acceptors (Lipinski definition) is 3. The Kier molecular flexibility index (Phi) is 5.26. The first-order chi connectivity index (χ1) is 9.03. The zero-order valence-corrected chi connectivity index (χ0v) is 12.9. The van der Waals surface area contributed by atoms with Gasteiger partial charge in [0.05, 0.1) is 5.75 Å². The van der Waals surface area contributed by atoms with Crippen molar-refractivity contribution in [3.8, 4) is 0 Å². The fourth-order valence-electron chi connectivity index (χ4n) is 3.56. The lowest BCUT2D eigenvalue weighted by Crippen LogP contribution is -2.50. The first-order valence-corrected chi connectivity index (χ1v) is 9.33. The Balaban J connectivity index is 2.00. The molecule has 1 aliphatic carbocycles. The van der Waals surface area contributed by atoms with E-state index in [2.05, 4.69) is 6.92 Å². The molecular formula is C14H28N2O2S. The molecule has 2 rings (SSSR count). The maximum absolute atomic E-state index is 12.6. The maximum Gasteiger partial charge on any atom is 0.214 e. The van der Waals surface area contributed by atoms with Gasteiger partial charge < -0.3 is 5.73 Å². The van der Waals surface area contributed by atoms with Gasteiger partial charge in [-0.3, -0.25) is 0 Å². The number of nitrogens with zero attached hydrogens (tertiary/aromatic N) is 1. The molecule has 1 aliphatic heterocycles. The first kappa shape index (κ1) is 15.3. The van der Waals surface area contributed by atoms with Gasteiger partial charge in [0.1, 0.15) is 0 Å². The molecule has 19 heavy (non-hydrogen) atoms. The second kappa shape index (κ2) is 6.55. The second-order valence-corrected chi connectivity index (χ2v) is 8.38. The van der Waals surface area contributed by atoms with Crippen LogP contribution in [-0.2, 0) is 10.0 Å². The van der Waals surface area contributed by atoms with E-state index in [0.29, 0.717) is 30.7 Å². The van der Waals surface area contributed by atoms with Crippen molar-refractivity contribution >= 4 is 10.0 Å². The molecule has 0 radical (unpaired) electrons.